The Hall–Kier alpha value is -3.96. The van der Waals surface area contributed by atoms with Crippen LogP contribution in [0.2, 0.25) is 0 Å². The fraction of sp³-hybridized carbons (Fsp3) is 0.321. The number of nitrogens with zero attached hydrogens (tertiary/aromatic N) is 2. The maximum atomic E-state index is 14.2. The zero-order valence-electron chi connectivity index (χ0n) is 21.3. The molecule has 0 unspecified atom stereocenters. The molecule has 2 aromatic rings. The predicted molar refractivity (Wildman–Crippen MR) is 143 cm³/mol. The highest BCUT2D eigenvalue weighted by molar-refractivity contribution is 6.58. The second kappa shape index (κ2) is 9.02. The Bertz CT molecular complexity index is 1600. The SMILES string of the molecule is COc1ccc(O)c([C@H]2C3=CC[C@@H]4C(=O)N(C(N)=O)C(=O)[C@@H]4[C@@H]3C[C@@]3(Cl)C(=O)N(c4ccc(F)cc4)C(=O)[C@@]23Cl)c1. The number of benzene rings is 2. The number of primary amides is 1. The molecular formula is C28H22Cl2FN3O7. The van der Waals surface area contributed by atoms with Gasteiger partial charge in [-0.2, -0.15) is 4.90 Å². The molecule has 2 saturated heterocycles. The Balaban J connectivity index is 1.59. The van der Waals surface area contributed by atoms with Crippen LogP contribution in [0.5, 0.6) is 11.5 Å². The number of carbonyl (C=O) groups is 5. The van der Waals surface area contributed by atoms with Gasteiger partial charge in [0.05, 0.1) is 24.6 Å². The van der Waals surface area contributed by atoms with E-state index in [4.69, 9.17) is 33.7 Å². The van der Waals surface area contributed by atoms with E-state index in [9.17, 15) is 33.5 Å². The first-order valence-corrected chi connectivity index (χ1v) is 13.4. The molecule has 0 radical (unpaired) electrons. The number of urea groups is 1. The summed E-state index contributed by atoms with van der Waals surface area (Å²) in [4.78, 5) is 63.5. The van der Waals surface area contributed by atoms with Crippen LogP contribution in [-0.2, 0) is 19.2 Å². The smallest absolute Gasteiger partial charge is 0.328 e. The van der Waals surface area contributed by atoms with E-state index in [-0.39, 0.29) is 29.8 Å². The van der Waals surface area contributed by atoms with Crippen LogP contribution in [0.15, 0.2) is 54.1 Å². The summed E-state index contributed by atoms with van der Waals surface area (Å²) in [5, 5.41) is 11.0. The molecule has 1 saturated carbocycles. The summed E-state index contributed by atoms with van der Waals surface area (Å²) in [6, 6.07) is 7.63. The second-order valence-corrected chi connectivity index (χ2v) is 11.8. The van der Waals surface area contributed by atoms with E-state index >= 15 is 0 Å². The van der Waals surface area contributed by atoms with Gasteiger partial charge in [-0.15, -0.1) is 23.2 Å². The molecule has 212 valence electrons. The number of likely N-dealkylation sites (tertiary alicyclic amines) is 1. The van der Waals surface area contributed by atoms with Gasteiger partial charge in [-0.1, -0.05) is 11.6 Å². The molecule has 0 bridgehead atoms. The number of methoxy groups -OCH3 is 1. The summed E-state index contributed by atoms with van der Waals surface area (Å²) in [7, 11) is 1.40. The number of imide groups is 4. The highest BCUT2D eigenvalue weighted by Gasteiger charge is 2.77. The van der Waals surface area contributed by atoms with Crippen LogP contribution in [0.1, 0.15) is 24.3 Å². The fourth-order valence-electron chi connectivity index (χ4n) is 6.85. The molecule has 2 heterocycles. The lowest BCUT2D eigenvalue weighted by Gasteiger charge is -2.50. The number of ether oxygens (including phenoxy) is 1. The van der Waals surface area contributed by atoms with E-state index in [2.05, 4.69) is 0 Å². The number of hydrogen-bond acceptors (Lipinski definition) is 7. The minimum Gasteiger partial charge on any atom is -0.508 e. The molecule has 0 spiro atoms. The van der Waals surface area contributed by atoms with Gasteiger partial charge < -0.3 is 15.6 Å². The lowest BCUT2D eigenvalue weighted by Crippen LogP contribution is -2.60. The molecular weight excluding hydrogens is 580 g/mol. The minimum atomic E-state index is -2.23. The standard InChI is InChI=1S/C28H22Cl2FN3O7/c1-41-14-6-9-19(35)17(10-14)21-15-7-8-16-20(23(37)34(22(16)36)26(32)40)18(15)11-27(29)24(38)33(25(39)28(21,27)30)13-4-2-12(31)3-5-13/h2-7,9-10,16,18,20-21,35H,8,11H2,1H3,(H2,32,40)/t16-,18+,20-,21+,27+,28-/m0/s1. The van der Waals surface area contributed by atoms with Crippen molar-refractivity contribution < 1.29 is 38.2 Å². The average Bonchev–Trinajstić information content (AvgIpc) is 3.28. The Morgan fingerprint density at radius 2 is 1.73 bits per heavy atom. The fourth-order valence-corrected chi connectivity index (χ4v) is 7.78. The number of alkyl halides is 2. The normalized spacial score (nSPS) is 32.4. The first kappa shape index (κ1) is 27.2. The van der Waals surface area contributed by atoms with E-state index < -0.39 is 68.9 Å². The lowest BCUT2D eigenvalue weighted by atomic mass is 9.56. The quantitative estimate of drug-likeness (QED) is 0.312. The number of anilines is 1. The highest BCUT2D eigenvalue weighted by atomic mass is 35.5. The number of aromatic hydroxyl groups is 1. The third kappa shape index (κ3) is 3.45. The van der Waals surface area contributed by atoms with Crippen molar-refractivity contribution in [2.75, 3.05) is 12.0 Å². The Morgan fingerprint density at radius 3 is 2.37 bits per heavy atom. The highest BCUT2D eigenvalue weighted by Crippen LogP contribution is 2.66. The molecule has 2 aromatic carbocycles. The lowest BCUT2D eigenvalue weighted by molar-refractivity contribution is -0.136. The van der Waals surface area contributed by atoms with Crippen molar-refractivity contribution in [3.63, 3.8) is 0 Å². The first-order valence-electron chi connectivity index (χ1n) is 12.6. The van der Waals surface area contributed by atoms with Gasteiger partial charge in [-0.05, 0) is 61.2 Å². The third-order valence-electron chi connectivity index (χ3n) is 8.66. The number of phenols is 1. The molecule has 3 fully saturated rings. The topological polar surface area (TPSA) is 147 Å². The molecule has 0 aromatic heterocycles. The maximum Gasteiger partial charge on any atom is 0.328 e. The van der Waals surface area contributed by atoms with E-state index in [1.54, 1.807) is 6.08 Å². The average molecular weight is 602 g/mol. The van der Waals surface area contributed by atoms with Crippen LogP contribution < -0.4 is 15.4 Å². The minimum absolute atomic E-state index is 0.0121. The van der Waals surface area contributed by atoms with Crippen molar-refractivity contribution in [1.29, 1.82) is 0 Å². The molecule has 3 N–H and O–H groups in total. The molecule has 13 heteroatoms. The van der Waals surface area contributed by atoms with Gasteiger partial charge in [0.25, 0.3) is 11.8 Å². The van der Waals surface area contributed by atoms with Crippen molar-refractivity contribution in [3.05, 3.63) is 65.5 Å². The first-order chi connectivity index (χ1) is 19.4. The molecule has 6 rings (SSSR count). The number of carbonyl (C=O) groups excluding carboxylic acids is 5. The number of allylic oxidation sites excluding steroid dienone is 2. The van der Waals surface area contributed by atoms with Crippen molar-refractivity contribution >= 4 is 58.5 Å². The van der Waals surface area contributed by atoms with Crippen LogP contribution in [0.4, 0.5) is 14.9 Å². The Morgan fingerprint density at radius 1 is 1.05 bits per heavy atom. The van der Waals surface area contributed by atoms with Crippen molar-refractivity contribution in [3.8, 4) is 11.5 Å². The summed E-state index contributed by atoms with van der Waals surface area (Å²) >= 11 is 14.4. The summed E-state index contributed by atoms with van der Waals surface area (Å²) in [5.41, 5.74) is 5.86. The number of fused-ring (bicyclic) bond motifs is 4. The monoisotopic (exact) mass is 601 g/mol. The van der Waals surface area contributed by atoms with Crippen LogP contribution in [0, 0.1) is 23.6 Å². The van der Waals surface area contributed by atoms with Gasteiger partial charge in [0.2, 0.25) is 11.8 Å². The molecule has 6 atom stereocenters. The summed E-state index contributed by atoms with van der Waals surface area (Å²) in [5.74, 6) is -8.30. The Kier molecular flexibility index (Phi) is 5.99. The van der Waals surface area contributed by atoms with E-state index in [1.165, 1.54) is 37.4 Å². The van der Waals surface area contributed by atoms with Gasteiger partial charge >= 0.3 is 6.03 Å². The number of hydrogen-bond donors (Lipinski definition) is 2. The predicted octanol–water partition coefficient (Wildman–Crippen LogP) is 3.18. The third-order valence-corrected chi connectivity index (χ3v) is 10.1. The Labute approximate surface area is 242 Å². The van der Waals surface area contributed by atoms with Crippen LogP contribution >= 0.6 is 23.2 Å². The van der Waals surface area contributed by atoms with Gasteiger partial charge in [0.15, 0.2) is 9.75 Å². The van der Waals surface area contributed by atoms with Gasteiger partial charge in [0, 0.05) is 11.5 Å². The van der Waals surface area contributed by atoms with Crippen LogP contribution in [0.25, 0.3) is 0 Å². The zero-order chi connectivity index (χ0) is 29.6. The number of amides is 6. The van der Waals surface area contributed by atoms with Crippen molar-refractivity contribution in [2.24, 2.45) is 23.5 Å². The molecule has 6 amide bonds. The van der Waals surface area contributed by atoms with Gasteiger partial charge in [-0.3, -0.25) is 19.2 Å². The van der Waals surface area contributed by atoms with Crippen LogP contribution in [0.3, 0.4) is 0 Å². The van der Waals surface area contributed by atoms with Gasteiger partial charge in [-0.25, -0.2) is 14.1 Å². The van der Waals surface area contributed by atoms with E-state index in [0.29, 0.717) is 16.2 Å². The largest absolute Gasteiger partial charge is 0.508 e. The second-order valence-electron chi connectivity index (χ2n) is 10.5. The molecule has 2 aliphatic heterocycles. The van der Waals surface area contributed by atoms with E-state index in [1.807, 2.05) is 0 Å². The zero-order valence-corrected chi connectivity index (χ0v) is 22.9. The summed E-state index contributed by atoms with van der Waals surface area (Å²) < 4.78 is 19.0. The number of nitrogens with two attached hydrogens (primary N) is 1. The maximum absolute atomic E-state index is 14.2. The molecule has 10 nitrogen and oxygen atoms in total. The molecule has 2 aliphatic carbocycles. The number of halogens is 3. The van der Waals surface area contributed by atoms with E-state index in [0.717, 1.165) is 17.0 Å². The van der Waals surface area contributed by atoms with Crippen LogP contribution in [-0.4, -0.2) is 56.5 Å². The van der Waals surface area contributed by atoms with Crippen molar-refractivity contribution in [1.82, 2.24) is 4.90 Å². The van der Waals surface area contributed by atoms with Gasteiger partial charge in [0.1, 0.15) is 17.3 Å². The number of phenolic OH excluding ortho intramolecular Hbond substituents is 1. The summed E-state index contributed by atoms with van der Waals surface area (Å²) in [6.07, 6.45) is 1.31. The summed E-state index contributed by atoms with van der Waals surface area (Å²) in [6.45, 7) is 0. The van der Waals surface area contributed by atoms with Crippen molar-refractivity contribution in [2.45, 2.75) is 28.5 Å². The molecule has 4 aliphatic rings. The number of rotatable bonds is 3. The molecule has 41 heavy (non-hydrogen) atoms.